The molecule has 2 N–H and O–H groups in total. The van der Waals surface area contributed by atoms with E-state index in [9.17, 15) is 4.79 Å². The van der Waals surface area contributed by atoms with E-state index in [-0.39, 0.29) is 17.6 Å². The highest BCUT2D eigenvalue weighted by Gasteiger charge is 2.39. The molecule has 1 aromatic carbocycles. The number of hydrogen-bond acceptors (Lipinski definition) is 4. The van der Waals surface area contributed by atoms with Gasteiger partial charge in [-0.25, -0.2) is 4.79 Å². The number of furan rings is 1. The second kappa shape index (κ2) is 7.09. The maximum absolute atomic E-state index is 11.2. The van der Waals surface area contributed by atoms with Crippen LogP contribution in [-0.4, -0.2) is 33.1 Å². The van der Waals surface area contributed by atoms with Gasteiger partial charge in [0, 0.05) is 18.8 Å². The lowest BCUT2D eigenvalue weighted by Crippen LogP contribution is -2.24. The summed E-state index contributed by atoms with van der Waals surface area (Å²) in [6, 6.07) is 14.4. The third-order valence-electron chi connectivity index (χ3n) is 5.00. The van der Waals surface area contributed by atoms with Crippen molar-refractivity contribution in [2.45, 2.75) is 19.0 Å². The maximum atomic E-state index is 11.2. The number of carboxylic acid groups (broad SMARTS) is 1. The molecule has 0 radical (unpaired) electrons. The van der Waals surface area contributed by atoms with Crippen LogP contribution in [0, 0.1) is 6.92 Å². The zero-order chi connectivity index (χ0) is 19.8. The molecular weight excluding hydrogens is 374 g/mol. The van der Waals surface area contributed by atoms with Crippen LogP contribution in [0.5, 0.6) is 0 Å². The predicted octanol–water partition coefficient (Wildman–Crippen LogP) is 3.95. The normalized spacial score (nSPS) is 18.9. The number of carboxylic acids is 1. The highest BCUT2D eigenvalue weighted by atomic mass is 32.1. The Morgan fingerprint density at radius 1 is 1.25 bits per heavy atom. The highest BCUT2D eigenvalue weighted by Crippen LogP contribution is 2.39. The average Bonchev–Trinajstić information content (AvgIpc) is 3.27. The highest BCUT2D eigenvalue weighted by molar-refractivity contribution is 7.80. The maximum Gasteiger partial charge on any atom is 0.335 e. The molecule has 0 amide bonds. The van der Waals surface area contributed by atoms with Crippen molar-refractivity contribution in [3.05, 3.63) is 77.3 Å². The van der Waals surface area contributed by atoms with Gasteiger partial charge < -0.3 is 19.7 Å². The number of rotatable bonds is 4. The second-order valence-corrected chi connectivity index (χ2v) is 7.16. The first-order chi connectivity index (χ1) is 13.5. The van der Waals surface area contributed by atoms with Crippen LogP contribution in [0.2, 0.25) is 0 Å². The number of benzene rings is 1. The number of aryl methyl sites for hydroxylation is 1. The average molecular weight is 393 g/mol. The minimum Gasteiger partial charge on any atom is -0.478 e. The van der Waals surface area contributed by atoms with Crippen LogP contribution in [0.4, 0.5) is 0 Å². The minimum atomic E-state index is -0.944. The van der Waals surface area contributed by atoms with Crippen molar-refractivity contribution in [2.24, 2.45) is 0 Å². The molecule has 2 atom stereocenters. The van der Waals surface area contributed by atoms with Gasteiger partial charge in [0.25, 0.3) is 0 Å². The summed E-state index contributed by atoms with van der Waals surface area (Å²) in [5.74, 6) is 0.512. The number of aromatic nitrogens is 1. The molecule has 0 aliphatic carbocycles. The zero-order valence-electron chi connectivity index (χ0n) is 15.4. The minimum absolute atomic E-state index is 0.117. The number of hydrogen-bond donors (Lipinski definition) is 2. The Morgan fingerprint density at radius 2 is 2.07 bits per heavy atom. The van der Waals surface area contributed by atoms with E-state index < -0.39 is 5.97 Å². The summed E-state index contributed by atoms with van der Waals surface area (Å²) >= 11 is 5.45. The van der Waals surface area contributed by atoms with Gasteiger partial charge in [-0.2, -0.15) is 0 Å². The second-order valence-electron chi connectivity index (χ2n) is 6.77. The molecule has 3 heterocycles. The molecule has 0 bridgehead atoms. The quantitative estimate of drug-likeness (QED) is 0.650. The first kappa shape index (κ1) is 18.2. The summed E-state index contributed by atoms with van der Waals surface area (Å²) in [5, 5.41) is 13.1. The molecule has 1 fully saturated rings. The summed E-state index contributed by atoms with van der Waals surface area (Å²) in [5.41, 5.74) is 2.85. The Morgan fingerprint density at radius 3 is 2.75 bits per heavy atom. The molecule has 7 heteroatoms. The van der Waals surface area contributed by atoms with Crippen molar-refractivity contribution in [1.29, 1.82) is 0 Å². The number of nitrogens with zero attached hydrogens (tertiary/aromatic N) is 2. The van der Waals surface area contributed by atoms with Gasteiger partial charge in [-0.3, -0.25) is 4.98 Å². The van der Waals surface area contributed by atoms with E-state index in [0.717, 1.165) is 22.6 Å². The Labute approximate surface area is 167 Å². The summed E-state index contributed by atoms with van der Waals surface area (Å²) in [6.45, 7) is 1.87. The number of likely N-dealkylation sites (N-methyl/N-ethyl adjacent to an activating group) is 1. The van der Waals surface area contributed by atoms with E-state index >= 15 is 0 Å². The predicted molar refractivity (Wildman–Crippen MR) is 109 cm³/mol. The first-order valence-electron chi connectivity index (χ1n) is 8.84. The Bertz CT molecular complexity index is 1050. The van der Waals surface area contributed by atoms with Crippen LogP contribution in [0.3, 0.4) is 0 Å². The lowest BCUT2D eigenvalue weighted by molar-refractivity contribution is 0.0697. The van der Waals surface area contributed by atoms with Gasteiger partial charge in [0.15, 0.2) is 5.11 Å². The number of aromatic carboxylic acids is 1. The molecule has 0 saturated carbocycles. The largest absolute Gasteiger partial charge is 0.478 e. The summed E-state index contributed by atoms with van der Waals surface area (Å²) < 4.78 is 6.19. The fraction of sp³-hybridized carbons (Fsp3) is 0.190. The van der Waals surface area contributed by atoms with Crippen molar-refractivity contribution in [3.63, 3.8) is 0 Å². The van der Waals surface area contributed by atoms with Crippen LogP contribution >= 0.6 is 12.2 Å². The van der Waals surface area contributed by atoms with E-state index in [1.54, 1.807) is 24.4 Å². The number of thiocarbonyl (C=S) groups is 1. The van der Waals surface area contributed by atoms with E-state index in [1.165, 1.54) is 0 Å². The van der Waals surface area contributed by atoms with Gasteiger partial charge in [-0.1, -0.05) is 12.1 Å². The molecule has 1 saturated heterocycles. The van der Waals surface area contributed by atoms with Crippen LogP contribution in [0.1, 0.15) is 39.5 Å². The number of carbonyl (C=O) groups is 1. The van der Waals surface area contributed by atoms with E-state index in [0.29, 0.717) is 10.9 Å². The van der Waals surface area contributed by atoms with Gasteiger partial charge in [-0.15, -0.1) is 0 Å². The van der Waals surface area contributed by atoms with Crippen molar-refractivity contribution < 1.29 is 14.3 Å². The van der Waals surface area contributed by atoms with Crippen LogP contribution < -0.4 is 5.32 Å². The summed E-state index contributed by atoms with van der Waals surface area (Å²) in [6.07, 6.45) is 1.76. The topological polar surface area (TPSA) is 78.6 Å². The van der Waals surface area contributed by atoms with Crippen LogP contribution in [0.15, 0.2) is 59.1 Å². The fourth-order valence-electron chi connectivity index (χ4n) is 3.54. The third-order valence-corrected chi connectivity index (χ3v) is 5.40. The van der Waals surface area contributed by atoms with Gasteiger partial charge in [0.05, 0.1) is 17.3 Å². The zero-order valence-corrected chi connectivity index (χ0v) is 16.2. The smallest absolute Gasteiger partial charge is 0.335 e. The molecule has 142 valence electrons. The lowest BCUT2D eigenvalue weighted by Gasteiger charge is -2.21. The van der Waals surface area contributed by atoms with Crippen LogP contribution in [0.25, 0.3) is 11.3 Å². The molecule has 0 spiro atoms. The van der Waals surface area contributed by atoms with Crippen molar-refractivity contribution in [1.82, 2.24) is 15.2 Å². The van der Waals surface area contributed by atoms with E-state index in [2.05, 4.69) is 10.3 Å². The van der Waals surface area contributed by atoms with Gasteiger partial charge in [-0.05, 0) is 61.1 Å². The fourth-order valence-corrected chi connectivity index (χ4v) is 3.78. The Kier molecular flexibility index (Phi) is 4.60. The number of pyridine rings is 1. The third kappa shape index (κ3) is 3.14. The molecule has 28 heavy (non-hydrogen) atoms. The number of nitrogens with one attached hydrogen (secondary N) is 1. The first-order valence-corrected chi connectivity index (χ1v) is 9.25. The van der Waals surface area contributed by atoms with Crippen molar-refractivity contribution in [3.8, 4) is 11.3 Å². The SMILES string of the molecule is Cc1cc(C(=O)O)ccc1-c1ccc([C@H]2[C@H](c3ccccn3)NC(=S)N2C)o1. The molecule has 1 aliphatic heterocycles. The van der Waals surface area contributed by atoms with Gasteiger partial charge in [0.2, 0.25) is 0 Å². The van der Waals surface area contributed by atoms with Crippen molar-refractivity contribution in [2.75, 3.05) is 7.05 Å². The summed E-state index contributed by atoms with van der Waals surface area (Å²) in [4.78, 5) is 17.6. The van der Waals surface area contributed by atoms with E-state index in [1.807, 2.05) is 49.2 Å². The molecule has 1 aliphatic rings. The molecule has 2 aromatic heterocycles. The van der Waals surface area contributed by atoms with E-state index in [4.69, 9.17) is 21.7 Å². The standard InChI is InChI=1S/C21H19N3O3S/c1-12-11-13(20(25)26)6-7-14(12)16-8-9-17(27-16)19-18(23-21(28)24(19)2)15-5-3-4-10-22-15/h3-11,18-19H,1-2H3,(H,23,28)(H,25,26)/t18-,19-/m0/s1. The molecule has 6 nitrogen and oxygen atoms in total. The Balaban J connectivity index is 1.70. The van der Waals surface area contributed by atoms with Gasteiger partial charge in [0.1, 0.15) is 17.6 Å². The van der Waals surface area contributed by atoms with Gasteiger partial charge >= 0.3 is 5.97 Å². The lowest BCUT2D eigenvalue weighted by atomic mass is 10.0. The van der Waals surface area contributed by atoms with Crippen LogP contribution in [-0.2, 0) is 0 Å². The summed E-state index contributed by atoms with van der Waals surface area (Å²) in [7, 11) is 1.93. The monoisotopic (exact) mass is 393 g/mol. The molecular formula is C21H19N3O3S. The molecule has 3 aromatic rings. The Hall–Kier alpha value is -3.19. The molecule has 4 rings (SSSR count). The van der Waals surface area contributed by atoms with Crippen molar-refractivity contribution >= 4 is 23.3 Å². The molecule has 0 unspecified atom stereocenters.